The zero-order valence-electron chi connectivity index (χ0n) is 13.8. The minimum Gasteiger partial charge on any atom is -0.381 e. The van der Waals surface area contributed by atoms with E-state index in [1.807, 2.05) is 19.1 Å². The molecule has 1 fully saturated rings. The number of aryl methyl sites for hydroxylation is 1. The van der Waals surface area contributed by atoms with Crippen LogP contribution in [0, 0.1) is 5.92 Å². The van der Waals surface area contributed by atoms with Gasteiger partial charge in [-0.3, -0.25) is 9.40 Å². The molecule has 0 amide bonds. The standard InChI is InChI=1S/C17H23N3O3S/c1-2-14-3-5-17(6-4-14)24(21,22)19-16-11-18-20(13-16)12-15-7-9-23-10-8-15/h3-6,11,13,15,19H,2,7-10,12H2,1H3. The highest BCUT2D eigenvalue weighted by Gasteiger charge is 2.17. The van der Waals surface area contributed by atoms with Gasteiger partial charge in [-0.15, -0.1) is 0 Å². The first-order chi connectivity index (χ1) is 11.6. The second kappa shape index (κ2) is 7.36. The molecule has 0 atom stereocenters. The second-order valence-corrected chi connectivity index (χ2v) is 7.79. The Hall–Kier alpha value is -1.86. The van der Waals surface area contributed by atoms with E-state index in [1.54, 1.807) is 29.2 Å². The van der Waals surface area contributed by atoms with E-state index in [9.17, 15) is 8.42 Å². The van der Waals surface area contributed by atoms with Crippen LogP contribution in [-0.4, -0.2) is 31.4 Å². The number of hydrogen-bond donors (Lipinski definition) is 1. The summed E-state index contributed by atoms with van der Waals surface area (Å²) in [6.45, 7) is 4.41. The molecule has 1 N–H and O–H groups in total. The minimum absolute atomic E-state index is 0.261. The zero-order valence-corrected chi connectivity index (χ0v) is 14.6. The number of benzene rings is 1. The molecule has 0 saturated carbocycles. The fraction of sp³-hybridized carbons (Fsp3) is 0.471. The molecule has 2 heterocycles. The SMILES string of the molecule is CCc1ccc(S(=O)(=O)Nc2cnn(CC3CCOCC3)c2)cc1. The van der Waals surface area contributed by atoms with Crippen molar-refractivity contribution in [3.63, 3.8) is 0 Å². The van der Waals surface area contributed by atoms with Crippen LogP contribution in [0.3, 0.4) is 0 Å². The Balaban J connectivity index is 1.66. The van der Waals surface area contributed by atoms with E-state index in [-0.39, 0.29) is 4.90 Å². The highest BCUT2D eigenvalue weighted by molar-refractivity contribution is 7.92. The van der Waals surface area contributed by atoms with Crippen molar-refractivity contribution in [1.82, 2.24) is 9.78 Å². The van der Waals surface area contributed by atoms with Gasteiger partial charge in [0.15, 0.2) is 0 Å². The third-order valence-corrected chi connectivity index (χ3v) is 5.71. The lowest BCUT2D eigenvalue weighted by Gasteiger charge is -2.21. The number of hydrogen-bond acceptors (Lipinski definition) is 4. The first-order valence-corrected chi connectivity index (χ1v) is 9.77. The zero-order chi connectivity index (χ0) is 17.0. The van der Waals surface area contributed by atoms with Crippen LogP contribution in [0.5, 0.6) is 0 Å². The average Bonchev–Trinajstić information content (AvgIpc) is 3.02. The molecule has 1 aliphatic rings. The lowest BCUT2D eigenvalue weighted by molar-refractivity contribution is 0.0601. The van der Waals surface area contributed by atoms with Gasteiger partial charge in [-0.05, 0) is 42.9 Å². The summed E-state index contributed by atoms with van der Waals surface area (Å²) in [4.78, 5) is 0.261. The fourth-order valence-corrected chi connectivity index (χ4v) is 3.86. The molecule has 1 aromatic carbocycles. The van der Waals surface area contributed by atoms with Crippen molar-refractivity contribution < 1.29 is 13.2 Å². The first-order valence-electron chi connectivity index (χ1n) is 8.29. The largest absolute Gasteiger partial charge is 0.381 e. The lowest BCUT2D eigenvalue weighted by Crippen LogP contribution is -2.20. The summed E-state index contributed by atoms with van der Waals surface area (Å²) in [7, 11) is -3.58. The maximum Gasteiger partial charge on any atom is 0.261 e. The number of aromatic nitrogens is 2. The molecule has 0 radical (unpaired) electrons. The molecule has 1 saturated heterocycles. The van der Waals surface area contributed by atoms with Crippen LogP contribution in [0.25, 0.3) is 0 Å². The minimum atomic E-state index is -3.58. The van der Waals surface area contributed by atoms with Crippen molar-refractivity contribution in [1.29, 1.82) is 0 Å². The number of nitrogens with zero attached hydrogens (tertiary/aromatic N) is 2. The number of nitrogens with one attached hydrogen (secondary N) is 1. The van der Waals surface area contributed by atoms with Gasteiger partial charge in [-0.1, -0.05) is 19.1 Å². The summed E-state index contributed by atoms with van der Waals surface area (Å²) in [6.07, 6.45) is 6.22. The Morgan fingerprint density at radius 3 is 2.62 bits per heavy atom. The number of ether oxygens (including phenoxy) is 1. The quantitative estimate of drug-likeness (QED) is 0.870. The second-order valence-electron chi connectivity index (χ2n) is 6.11. The normalized spacial score (nSPS) is 16.2. The lowest BCUT2D eigenvalue weighted by atomic mass is 10.0. The van der Waals surface area contributed by atoms with Crippen LogP contribution in [0.1, 0.15) is 25.3 Å². The highest BCUT2D eigenvalue weighted by Crippen LogP contribution is 2.19. The molecule has 0 spiro atoms. The molecule has 3 rings (SSSR count). The van der Waals surface area contributed by atoms with Crippen molar-refractivity contribution in [2.45, 2.75) is 37.6 Å². The van der Waals surface area contributed by atoms with Gasteiger partial charge in [0.2, 0.25) is 0 Å². The van der Waals surface area contributed by atoms with Crippen LogP contribution in [0.2, 0.25) is 0 Å². The molecule has 0 unspecified atom stereocenters. The molecule has 0 bridgehead atoms. The van der Waals surface area contributed by atoms with Crippen LogP contribution in [0.15, 0.2) is 41.6 Å². The number of anilines is 1. The molecule has 6 nitrogen and oxygen atoms in total. The predicted octanol–water partition coefficient (Wildman–Crippen LogP) is 2.67. The van der Waals surface area contributed by atoms with Crippen molar-refractivity contribution in [3.8, 4) is 0 Å². The topological polar surface area (TPSA) is 73.2 Å². The van der Waals surface area contributed by atoms with Crippen LogP contribution < -0.4 is 4.72 Å². The smallest absolute Gasteiger partial charge is 0.261 e. The Bertz CT molecular complexity index is 763. The molecule has 24 heavy (non-hydrogen) atoms. The van der Waals surface area contributed by atoms with E-state index < -0.39 is 10.0 Å². The van der Waals surface area contributed by atoms with Crippen LogP contribution in [0.4, 0.5) is 5.69 Å². The first kappa shape index (κ1) is 17.0. The summed E-state index contributed by atoms with van der Waals surface area (Å²) in [6, 6.07) is 6.94. The third kappa shape index (κ3) is 4.15. The van der Waals surface area contributed by atoms with Crippen molar-refractivity contribution >= 4 is 15.7 Å². The van der Waals surface area contributed by atoms with Gasteiger partial charge in [0.25, 0.3) is 10.0 Å². The van der Waals surface area contributed by atoms with Gasteiger partial charge in [0.1, 0.15) is 0 Å². The molecular weight excluding hydrogens is 326 g/mol. The van der Waals surface area contributed by atoms with Gasteiger partial charge >= 0.3 is 0 Å². The summed E-state index contributed by atoms with van der Waals surface area (Å²) in [5.41, 5.74) is 1.60. The van der Waals surface area contributed by atoms with Crippen molar-refractivity contribution in [2.24, 2.45) is 5.92 Å². The van der Waals surface area contributed by atoms with E-state index >= 15 is 0 Å². The van der Waals surface area contributed by atoms with Gasteiger partial charge in [0, 0.05) is 26.0 Å². The Labute approximate surface area is 142 Å². The molecule has 0 aliphatic carbocycles. The van der Waals surface area contributed by atoms with E-state index in [4.69, 9.17) is 4.74 Å². The van der Waals surface area contributed by atoms with Crippen LogP contribution >= 0.6 is 0 Å². The van der Waals surface area contributed by atoms with E-state index in [2.05, 4.69) is 9.82 Å². The summed E-state index contributed by atoms with van der Waals surface area (Å²) in [5.74, 6) is 0.532. The Kier molecular flexibility index (Phi) is 5.20. The fourth-order valence-electron chi connectivity index (χ4n) is 2.83. The maximum atomic E-state index is 12.4. The van der Waals surface area contributed by atoms with E-state index in [1.165, 1.54) is 0 Å². The third-order valence-electron chi connectivity index (χ3n) is 4.31. The molecule has 2 aromatic rings. The Morgan fingerprint density at radius 2 is 1.96 bits per heavy atom. The average molecular weight is 349 g/mol. The summed E-state index contributed by atoms with van der Waals surface area (Å²) in [5, 5.41) is 4.26. The van der Waals surface area contributed by atoms with Crippen molar-refractivity contribution in [2.75, 3.05) is 17.9 Å². The molecule has 7 heteroatoms. The number of rotatable bonds is 6. The summed E-state index contributed by atoms with van der Waals surface area (Å²) < 4.78 is 34.6. The Morgan fingerprint density at radius 1 is 1.25 bits per heavy atom. The van der Waals surface area contributed by atoms with Gasteiger partial charge < -0.3 is 4.74 Å². The highest BCUT2D eigenvalue weighted by atomic mass is 32.2. The van der Waals surface area contributed by atoms with Gasteiger partial charge in [-0.25, -0.2) is 8.42 Å². The van der Waals surface area contributed by atoms with Gasteiger partial charge in [-0.2, -0.15) is 5.10 Å². The maximum absolute atomic E-state index is 12.4. The van der Waals surface area contributed by atoms with Crippen LogP contribution in [-0.2, 0) is 27.7 Å². The molecular formula is C17H23N3O3S. The monoisotopic (exact) mass is 349 g/mol. The molecule has 1 aliphatic heterocycles. The number of sulfonamides is 1. The van der Waals surface area contributed by atoms with E-state index in [0.29, 0.717) is 11.6 Å². The summed E-state index contributed by atoms with van der Waals surface area (Å²) >= 11 is 0. The predicted molar refractivity (Wildman–Crippen MR) is 92.4 cm³/mol. The molecule has 130 valence electrons. The van der Waals surface area contributed by atoms with Crippen molar-refractivity contribution in [3.05, 3.63) is 42.2 Å². The molecule has 1 aromatic heterocycles. The van der Waals surface area contributed by atoms with Gasteiger partial charge in [0.05, 0.1) is 16.8 Å². The van der Waals surface area contributed by atoms with E-state index in [0.717, 1.165) is 44.6 Å².